The van der Waals surface area contributed by atoms with Gasteiger partial charge in [0.05, 0.1) is 0 Å². The molecule has 0 N–H and O–H groups in total. The maximum absolute atomic E-state index is 6.32. The number of rotatable bonds is 4. The van der Waals surface area contributed by atoms with Gasteiger partial charge in [-0.15, -0.1) is 81.2 Å². The molecule has 0 aliphatic rings. The molecule has 0 radical (unpaired) electrons. The van der Waals surface area contributed by atoms with Crippen LogP contribution in [0.25, 0.3) is 21.5 Å². The van der Waals surface area contributed by atoms with Crippen molar-refractivity contribution in [3.8, 4) is 0 Å². The summed E-state index contributed by atoms with van der Waals surface area (Å²) < 4.78 is 0. The number of benzene rings is 4. The predicted octanol–water partition coefficient (Wildman–Crippen LogP) is 8.96. The van der Waals surface area contributed by atoms with Gasteiger partial charge in [0.25, 0.3) is 0 Å². The van der Waals surface area contributed by atoms with Crippen LogP contribution in [0.4, 0.5) is 0 Å². The molecule has 0 fully saturated rings. The van der Waals surface area contributed by atoms with Crippen molar-refractivity contribution >= 4 is 54.4 Å². The van der Waals surface area contributed by atoms with Crippen LogP contribution in [0, 0.1) is 0 Å². The standard InChI is InChI=1S/C12H10Si.2C11H11.2ClH.Zr/c1-3-7-11(8-4-1)13-12-9-5-2-6-10-12;2*1-2-9-7-10-5-3-4-6-11(10)8-9;;;/h1-10H;2*3-8H,2H2,1H3;2*1H;/q;2*-1;;;+2/p-2. The van der Waals surface area contributed by atoms with E-state index < -0.39 is 23.4 Å². The van der Waals surface area contributed by atoms with Crippen molar-refractivity contribution < 1.29 is 18.0 Å². The van der Waals surface area contributed by atoms with Gasteiger partial charge in [-0.3, -0.25) is 0 Å². The number of hydrogen-bond acceptors (Lipinski definition) is 0. The number of fused-ring (bicyclic) bond motifs is 2. The molecule has 0 unspecified atom stereocenters. The number of hydrogen-bond donors (Lipinski definition) is 0. The minimum absolute atomic E-state index is 0.889. The fourth-order valence-electron chi connectivity index (χ4n) is 4.43. The Labute approximate surface area is 241 Å². The monoisotopic (exact) mass is 628 g/mol. The fraction of sp³-hybridized carbons (Fsp3) is 0.118. The van der Waals surface area contributed by atoms with Gasteiger partial charge in [-0.05, 0) is 12.8 Å². The molecule has 192 valence electrons. The Morgan fingerprint density at radius 3 is 1.26 bits per heavy atom. The van der Waals surface area contributed by atoms with Crippen LogP contribution in [0.2, 0.25) is 0 Å². The summed E-state index contributed by atoms with van der Waals surface area (Å²) in [7, 11) is 12.6. The summed E-state index contributed by atoms with van der Waals surface area (Å²) in [5.41, 5.74) is 1.98. The molecule has 6 aromatic rings. The molecule has 38 heavy (non-hydrogen) atoms. The van der Waals surface area contributed by atoms with Crippen LogP contribution >= 0.6 is 17.0 Å². The summed E-state index contributed by atoms with van der Waals surface area (Å²) in [6.45, 7) is 4.38. The molecule has 0 nitrogen and oxygen atoms in total. The first-order chi connectivity index (χ1) is 18.6. The Morgan fingerprint density at radius 2 is 0.921 bits per heavy atom. The third kappa shape index (κ3) is 7.90. The average molecular weight is 631 g/mol. The molecule has 0 spiro atoms. The van der Waals surface area contributed by atoms with Gasteiger partial charge in [0, 0.05) is 0 Å². The van der Waals surface area contributed by atoms with Crippen LogP contribution < -0.4 is 10.4 Å². The Kier molecular flexibility index (Phi) is 11.2. The van der Waals surface area contributed by atoms with Gasteiger partial charge in [-0.1, -0.05) is 26.0 Å². The molecule has 0 saturated heterocycles. The molecule has 0 heterocycles. The van der Waals surface area contributed by atoms with Crippen molar-refractivity contribution in [2.45, 2.75) is 26.7 Å². The predicted molar refractivity (Wildman–Crippen MR) is 167 cm³/mol. The number of aryl methyl sites for hydroxylation is 2. The van der Waals surface area contributed by atoms with Crippen molar-refractivity contribution in [2.75, 3.05) is 0 Å². The van der Waals surface area contributed by atoms with E-state index in [-0.39, 0.29) is 0 Å². The second-order valence-corrected chi connectivity index (χ2v) is 28.3. The molecule has 0 amide bonds. The summed E-state index contributed by atoms with van der Waals surface area (Å²) in [4.78, 5) is 0. The quantitative estimate of drug-likeness (QED) is 0.135. The van der Waals surface area contributed by atoms with Crippen LogP contribution in [0.5, 0.6) is 0 Å². The SMILES string of the molecule is CCc1cc2ccccc2[cH-]1.CCc1cc2ccccc2[cH-]1.[Cl][Zr]([Cl])=[Si](c1ccccc1)c1ccccc1. The molecule has 0 saturated carbocycles. The van der Waals surface area contributed by atoms with Crippen molar-refractivity contribution in [3.05, 3.63) is 145 Å². The maximum atomic E-state index is 6.32. The van der Waals surface area contributed by atoms with E-state index >= 15 is 0 Å². The Bertz CT molecular complexity index is 1410. The van der Waals surface area contributed by atoms with Crippen LogP contribution in [-0.2, 0) is 30.8 Å². The summed E-state index contributed by atoms with van der Waals surface area (Å²) in [5.74, 6) is 0. The Morgan fingerprint density at radius 1 is 0.553 bits per heavy atom. The molecule has 0 atom stereocenters. The van der Waals surface area contributed by atoms with Crippen LogP contribution in [-0.4, -0.2) is 5.43 Å². The molecule has 0 aliphatic heterocycles. The molecule has 0 bridgehead atoms. The molecule has 6 aromatic carbocycles. The summed E-state index contributed by atoms with van der Waals surface area (Å²) in [6.07, 6.45) is 2.27. The van der Waals surface area contributed by atoms with Gasteiger partial charge in [-0.25, -0.2) is 0 Å². The molecular formula is C34H32Cl2SiZr-2. The van der Waals surface area contributed by atoms with Crippen molar-refractivity contribution in [1.82, 2.24) is 0 Å². The minimum atomic E-state index is -2.26. The molecular weight excluding hydrogens is 599 g/mol. The Balaban J connectivity index is 0.000000136. The topological polar surface area (TPSA) is 0 Å². The normalized spacial score (nSPS) is 10.3. The van der Waals surface area contributed by atoms with E-state index in [2.05, 4.69) is 135 Å². The van der Waals surface area contributed by atoms with Crippen LogP contribution in [0.1, 0.15) is 25.0 Å². The molecule has 0 aromatic heterocycles. The van der Waals surface area contributed by atoms with Gasteiger partial charge >= 0.3 is 111 Å². The molecule has 0 aliphatic carbocycles. The molecule has 4 heteroatoms. The van der Waals surface area contributed by atoms with E-state index in [9.17, 15) is 0 Å². The van der Waals surface area contributed by atoms with Gasteiger partial charge in [0.2, 0.25) is 0 Å². The third-order valence-electron chi connectivity index (χ3n) is 6.49. The molecule has 6 rings (SSSR count). The van der Waals surface area contributed by atoms with E-state index in [1.807, 2.05) is 12.1 Å². The van der Waals surface area contributed by atoms with Gasteiger partial charge in [0.1, 0.15) is 0 Å². The first-order valence-electron chi connectivity index (χ1n) is 13.0. The van der Waals surface area contributed by atoms with E-state index in [1.54, 1.807) is 0 Å². The van der Waals surface area contributed by atoms with E-state index in [1.165, 1.54) is 43.0 Å². The van der Waals surface area contributed by atoms with E-state index in [4.69, 9.17) is 17.0 Å². The summed E-state index contributed by atoms with van der Waals surface area (Å²) in [5, 5.41) is 8.12. The van der Waals surface area contributed by atoms with Crippen molar-refractivity contribution in [3.63, 3.8) is 0 Å². The van der Waals surface area contributed by atoms with Crippen LogP contribution in [0.15, 0.2) is 133 Å². The van der Waals surface area contributed by atoms with Crippen molar-refractivity contribution in [1.29, 1.82) is 0 Å². The summed E-state index contributed by atoms with van der Waals surface area (Å²) >= 11 is -2.26. The zero-order valence-electron chi connectivity index (χ0n) is 21.9. The second kappa shape index (κ2) is 14.8. The van der Waals surface area contributed by atoms with Gasteiger partial charge in [-0.2, -0.15) is 12.1 Å². The third-order valence-corrected chi connectivity index (χ3v) is 22.4. The van der Waals surface area contributed by atoms with Crippen molar-refractivity contribution in [2.24, 2.45) is 0 Å². The second-order valence-electron chi connectivity index (χ2n) is 9.06. The average Bonchev–Trinajstić information content (AvgIpc) is 3.59. The first kappa shape index (κ1) is 28.8. The fourth-order valence-corrected chi connectivity index (χ4v) is 19.7. The number of halogens is 2. The van der Waals surface area contributed by atoms with E-state index in [0.29, 0.717) is 0 Å². The van der Waals surface area contributed by atoms with E-state index in [0.717, 1.165) is 12.8 Å². The van der Waals surface area contributed by atoms with Gasteiger partial charge in [0.15, 0.2) is 0 Å². The zero-order chi connectivity index (χ0) is 26.7. The summed E-state index contributed by atoms with van der Waals surface area (Å²) in [6, 6.07) is 46.9. The van der Waals surface area contributed by atoms with Crippen LogP contribution in [0.3, 0.4) is 0 Å². The zero-order valence-corrected chi connectivity index (χ0v) is 26.8. The first-order valence-corrected chi connectivity index (χ1v) is 24.6. The Hall–Kier alpha value is -2.22. The van der Waals surface area contributed by atoms with Gasteiger partial charge < -0.3 is 0 Å².